The average Bonchev–Trinajstić information content (AvgIpc) is 2.67. The molecule has 5 heteroatoms. The molecule has 0 spiro atoms. The summed E-state index contributed by atoms with van der Waals surface area (Å²) >= 11 is 0. The molecule has 140 valence electrons. The van der Waals surface area contributed by atoms with Gasteiger partial charge in [-0.2, -0.15) is 0 Å². The molecule has 0 fully saturated rings. The van der Waals surface area contributed by atoms with E-state index in [4.69, 9.17) is 9.47 Å². The van der Waals surface area contributed by atoms with Gasteiger partial charge in [0.15, 0.2) is 6.61 Å². The van der Waals surface area contributed by atoms with E-state index in [1.54, 1.807) is 4.90 Å². The fourth-order valence-electron chi connectivity index (χ4n) is 3.17. The zero-order valence-corrected chi connectivity index (χ0v) is 15.6. The highest BCUT2D eigenvalue weighted by molar-refractivity contribution is 5.87. The molecule has 2 aromatic rings. The summed E-state index contributed by atoms with van der Waals surface area (Å²) in [6.45, 7) is 8.27. The number of rotatable bonds is 6. The SMILES string of the molecule is C=C(C)CN(CC)C(=O)COC(=O)C1c2ccccc2Oc2ccccc21. The van der Waals surface area contributed by atoms with E-state index < -0.39 is 11.9 Å². The van der Waals surface area contributed by atoms with Crippen molar-refractivity contribution in [3.63, 3.8) is 0 Å². The lowest BCUT2D eigenvalue weighted by atomic mass is 9.88. The summed E-state index contributed by atoms with van der Waals surface area (Å²) in [4.78, 5) is 26.9. The van der Waals surface area contributed by atoms with Crippen LogP contribution < -0.4 is 4.74 Å². The zero-order chi connectivity index (χ0) is 19.4. The van der Waals surface area contributed by atoms with Crippen molar-refractivity contribution >= 4 is 11.9 Å². The van der Waals surface area contributed by atoms with Gasteiger partial charge in [0, 0.05) is 24.2 Å². The Morgan fingerprint density at radius 3 is 2.15 bits per heavy atom. The molecule has 0 bridgehead atoms. The van der Waals surface area contributed by atoms with Gasteiger partial charge in [0.2, 0.25) is 0 Å². The van der Waals surface area contributed by atoms with E-state index in [0.29, 0.717) is 24.6 Å². The van der Waals surface area contributed by atoms with Gasteiger partial charge in [-0.05, 0) is 26.0 Å². The van der Waals surface area contributed by atoms with Crippen molar-refractivity contribution in [1.29, 1.82) is 0 Å². The van der Waals surface area contributed by atoms with E-state index in [2.05, 4.69) is 6.58 Å². The van der Waals surface area contributed by atoms with E-state index in [-0.39, 0.29) is 12.5 Å². The van der Waals surface area contributed by atoms with Crippen molar-refractivity contribution in [1.82, 2.24) is 4.90 Å². The van der Waals surface area contributed by atoms with Crippen molar-refractivity contribution < 1.29 is 19.1 Å². The molecule has 0 unspecified atom stereocenters. The Kier molecular flexibility index (Phi) is 5.60. The Labute approximate surface area is 159 Å². The molecule has 27 heavy (non-hydrogen) atoms. The third-order valence-corrected chi connectivity index (χ3v) is 4.45. The molecular weight excluding hydrogens is 342 g/mol. The molecule has 0 aliphatic carbocycles. The van der Waals surface area contributed by atoms with Crippen LogP contribution in [0.2, 0.25) is 0 Å². The maximum atomic E-state index is 12.9. The summed E-state index contributed by atoms with van der Waals surface area (Å²) in [7, 11) is 0. The number of carbonyl (C=O) groups excluding carboxylic acids is 2. The number of amides is 1. The summed E-state index contributed by atoms with van der Waals surface area (Å²) in [5, 5.41) is 0. The maximum absolute atomic E-state index is 12.9. The highest BCUT2D eigenvalue weighted by atomic mass is 16.5. The summed E-state index contributed by atoms with van der Waals surface area (Å²) in [6, 6.07) is 14.8. The van der Waals surface area contributed by atoms with Crippen molar-refractivity contribution in [2.75, 3.05) is 19.7 Å². The summed E-state index contributed by atoms with van der Waals surface area (Å²) in [6.07, 6.45) is 0. The Morgan fingerprint density at radius 2 is 1.63 bits per heavy atom. The number of ether oxygens (including phenoxy) is 2. The van der Waals surface area contributed by atoms with Crippen molar-refractivity contribution in [2.45, 2.75) is 19.8 Å². The highest BCUT2D eigenvalue weighted by Gasteiger charge is 2.34. The highest BCUT2D eigenvalue weighted by Crippen LogP contribution is 2.44. The van der Waals surface area contributed by atoms with Crippen LogP contribution in [0.5, 0.6) is 11.5 Å². The molecule has 0 aromatic heterocycles. The number of likely N-dealkylation sites (N-methyl/N-ethyl adjacent to an activating group) is 1. The van der Waals surface area contributed by atoms with Gasteiger partial charge in [-0.25, -0.2) is 0 Å². The molecule has 0 radical (unpaired) electrons. The minimum Gasteiger partial charge on any atom is -0.457 e. The normalized spacial score (nSPS) is 12.4. The minimum absolute atomic E-state index is 0.234. The van der Waals surface area contributed by atoms with Gasteiger partial charge in [-0.1, -0.05) is 48.6 Å². The van der Waals surface area contributed by atoms with Crippen LogP contribution >= 0.6 is 0 Å². The summed E-state index contributed by atoms with van der Waals surface area (Å²) in [5.41, 5.74) is 2.36. The first-order valence-corrected chi connectivity index (χ1v) is 8.95. The molecule has 1 aliphatic heterocycles. The first-order chi connectivity index (χ1) is 13.0. The van der Waals surface area contributed by atoms with Crippen molar-refractivity contribution in [3.05, 3.63) is 71.8 Å². The van der Waals surface area contributed by atoms with Gasteiger partial charge in [-0.3, -0.25) is 9.59 Å². The van der Waals surface area contributed by atoms with Crippen LogP contribution in [0, 0.1) is 0 Å². The quantitative estimate of drug-likeness (QED) is 0.576. The van der Waals surface area contributed by atoms with Gasteiger partial charge in [0.25, 0.3) is 5.91 Å². The monoisotopic (exact) mass is 365 g/mol. The van der Waals surface area contributed by atoms with E-state index in [1.807, 2.05) is 62.4 Å². The Bertz CT molecular complexity index is 829. The van der Waals surface area contributed by atoms with Gasteiger partial charge in [-0.15, -0.1) is 0 Å². The maximum Gasteiger partial charge on any atom is 0.318 e. The number of para-hydroxylation sites is 2. The van der Waals surface area contributed by atoms with Crippen molar-refractivity contribution in [2.24, 2.45) is 0 Å². The van der Waals surface area contributed by atoms with Crippen LogP contribution in [0.25, 0.3) is 0 Å². The number of esters is 1. The van der Waals surface area contributed by atoms with Gasteiger partial charge in [0.1, 0.15) is 17.4 Å². The lowest BCUT2D eigenvalue weighted by Gasteiger charge is -2.27. The lowest BCUT2D eigenvalue weighted by Crippen LogP contribution is -2.36. The smallest absolute Gasteiger partial charge is 0.318 e. The minimum atomic E-state index is -0.616. The number of fused-ring (bicyclic) bond motifs is 2. The predicted molar refractivity (Wildman–Crippen MR) is 103 cm³/mol. The second-order valence-electron chi connectivity index (χ2n) is 6.58. The molecule has 0 saturated carbocycles. The number of hydrogen-bond acceptors (Lipinski definition) is 4. The first-order valence-electron chi connectivity index (χ1n) is 8.95. The van der Waals surface area contributed by atoms with Crippen LogP contribution in [-0.4, -0.2) is 36.5 Å². The Balaban J connectivity index is 1.79. The number of hydrogen-bond donors (Lipinski definition) is 0. The van der Waals surface area contributed by atoms with E-state index in [9.17, 15) is 9.59 Å². The van der Waals surface area contributed by atoms with Crippen LogP contribution in [0.1, 0.15) is 30.9 Å². The molecule has 1 heterocycles. The molecule has 2 aromatic carbocycles. The third kappa shape index (κ3) is 4.03. The average molecular weight is 365 g/mol. The molecule has 0 N–H and O–H groups in total. The van der Waals surface area contributed by atoms with E-state index in [0.717, 1.165) is 16.7 Å². The largest absolute Gasteiger partial charge is 0.457 e. The summed E-state index contributed by atoms with van der Waals surface area (Å²) < 4.78 is 11.3. The molecule has 1 amide bonds. The van der Waals surface area contributed by atoms with Crippen LogP contribution in [0.15, 0.2) is 60.7 Å². The topological polar surface area (TPSA) is 55.8 Å². The van der Waals surface area contributed by atoms with Gasteiger partial charge < -0.3 is 14.4 Å². The second-order valence-corrected chi connectivity index (χ2v) is 6.58. The van der Waals surface area contributed by atoms with E-state index in [1.165, 1.54) is 0 Å². The van der Waals surface area contributed by atoms with E-state index >= 15 is 0 Å². The lowest BCUT2D eigenvalue weighted by molar-refractivity contribution is -0.152. The van der Waals surface area contributed by atoms with Crippen LogP contribution in [0.3, 0.4) is 0 Å². The molecular formula is C22H23NO4. The molecule has 3 rings (SSSR count). The van der Waals surface area contributed by atoms with Crippen molar-refractivity contribution in [3.8, 4) is 11.5 Å². The van der Waals surface area contributed by atoms with Crippen LogP contribution in [-0.2, 0) is 14.3 Å². The molecule has 0 atom stereocenters. The number of benzene rings is 2. The van der Waals surface area contributed by atoms with Gasteiger partial charge >= 0.3 is 5.97 Å². The third-order valence-electron chi connectivity index (χ3n) is 4.45. The first kappa shape index (κ1) is 18.7. The summed E-state index contributed by atoms with van der Waals surface area (Å²) in [5.74, 6) is -0.0561. The van der Waals surface area contributed by atoms with Gasteiger partial charge in [0.05, 0.1) is 0 Å². The molecule has 5 nitrogen and oxygen atoms in total. The van der Waals surface area contributed by atoms with Crippen LogP contribution in [0.4, 0.5) is 0 Å². The fourth-order valence-corrected chi connectivity index (χ4v) is 3.17. The Morgan fingerprint density at radius 1 is 1.07 bits per heavy atom. The number of nitrogens with zero attached hydrogens (tertiary/aromatic N) is 1. The molecule has 1 aliphatic rings. The predicted octanol–water partition coefficient (Wildman–Crippen LogP) is 3.89. The fraction of sp³-hybridized carbons (Fsp3) is 0.273. The number of carbonyl (C=O) groups is 2. The molecule has 0 saturated heterocycles. The standard InChI is InChI=1S/C22H23NO4/c1-4-23(13-15(2)3)20(24)14-26-22(25)21-16-9-5-7-11-18(16)27-19-12-8-6-10-17(19)21/h5-12,21H,2,4,13-14H2,1,3H3. The second kappa shape index (κ2) is 8.08. The zero-order valence-electron chi connectivity index (χ0n) is 15.6. The Hall–Kier alpha value is -3.08.